The van der Waals surface area contributed by atoms with Crippen molar-refractivity contribution in [2.75, 3.05) is 0 Å². The number of thiophene rings is 1. The van der Waals surface area contributed by atoms with E-state index in [0.717, 1.165) is 38.5 Å². The van der Waals surface area contributed by atoms with Gasteiger partial charge in [-0.1, -0.05) is 12.1 Å². The number of hydrogen-bond donors (Lipinski definition) is 0. The molecule has 0 atom stereocenters. The van der Waals surface area contributed by atoms with Crippen LogP contribution in [-0.2, 0) is 6.61 Å². The Morgan fingerprint density at radius 1 is 1.15 bits per heavy atom. The average molecular weight is 376 g/mol. The van der Waals surface area contributed by atoms with E-state index >= 15 is 0 Å². The van der Waals surface area contributed by atoms with Gasteiger partial charge in [-0.05, 0) is 54.6 Å². The number of aryl methyl sites for hydroxylation is 2. The van der Waals surface area contributed by atoms with Gasteiger partial charge in [0.1, 0.15) is 29.3 Å². The summed E-state index contributed by atoms with van der Waals surface area (Å²) in [5, 5.41) is 7.48. The van der Waals surface area contributed by atoms with Crippen LogP contribution in [0.5, 0.6) is 5.75 Å². The SMILES string of the molecule is Cc1ccc(C)c(OCc2ccc(-c3nc4c5ccsc5ncn4n3)o2)c1. The molecule has 27 heavy (non-hydrogen) atoms. The standard InChI is InChI=1S/C20H16N4O2S/c1-12-3-4-13(2)17(9-12)25-10-14-5-6-16(26-14)18-22-19-15-7-8-27-20(15)21-11-24(19)23-18/h3-9,11H,10H2,1-2H3. The molecule has 0 aliphatic rings. The van der Waals surface area contributed by atoms with Crippen molar-refractivity contribution in [2.45, 2.75) is 20.5 Å². The van der Waals surface area contributed by atoms with Gasteiger partial charge >= 0.3 is 0 Å². The smallest absolute Gasteiger partial charge is 0.217 e. The van der Waals surface area contributed by atoms with Crippen molar-refractivity contribution in [3.63, 3.8) is 0 Å². The molecular formula is C20H16N4O2S. The lowest BCUT2D eigenvalue weighted by Crippen LogP contribution is -1.96. The zero-order valence-corrected chi connectivity index (χ0v) is 15.7. The Labute approximate surface area is 159 Å². The Balaban J connectivity index is 1.41. The highest BCUT2D eigenvalue weighted by Crippen LogP contribution is 2.26. The minimum atomic E-state index is 0.355. The summed E-state index contributed by atoms with van der Waals surface area (Å²) < 4.78 is 13.5. The normalized spacial score (nSPS) is 11.5. The number of fused-ring (bicyclic) bond motifs is 3. The van der Waals surface area contributed by atoms with Gasteiger partial charge in [-0.2, -0.15) is 0 Å². The topological polar surface area (TPSA) is 65.5 Å². The van der Waals surface area contributed by atoms with E-state index in [1.807, 2.05) is 43.5 Å². The first-order chi connectivity index (χ1) is 13.2. The molecule has 5 aromatic rings. The molecule has 0 saturated carbocycles. The lowest BCUT2D eigenvalue weighted by atomic mass is 10.1. The van der Waals surface area contributed by atoms with Crippen molar-refractivity contribution in [1.29, 1.82) is 0 Å². The average Bonchev–Trinajstić information content (AvgIpc) is 3.39. The first-order valence-corrected chi connectivity index (χ1v) is 9.43. The first kappa shape index (κ1) is 16.0. The van der Waals surface area contributed by atoms with E-state index in [0.29, 0.717) is 18.2 Å². The monoisotopic (exact) mass is 376 g/mol. The second-order valence-electron chi connectivity index (χ2n) is 6.41. The predicted molar refractivity (Wildman–Crippen MR) is 104 cm³/mol. The molecule has 134 valence electrons. The zero-order valence-electron chi connectivity index (χ0n) is 14.8. The van der Waals surface area contributed by atoms with Crippen LogP contribution in [0.2, 0.25) is 0 Å². The third-order valence-electron chi connectivity index (χ3n) is 4.40. The number of rotatable bonds is 4. The lowest BCUT2D eigenvalue weighted by Gasteiger charge is -2.08. The highest BCUT2D eigenvalue weighted by molar-refractivity contribution is 7.16. The molecule has 0 N–H and O–H groups in total. The Kier molecular flexibility index (Phi) is 3.68. The molecule has 7 heteroatoms. The summed E-state index contributed by atoms with van der Waals surface area (Å²) >= 11 is 1.59. The van der Waals surface area contributed by atoms with Crippen LogP contribution in [0, 0.1) is 13.8 Å². The van der Waals surface area contributed by atoms with Gasteiger partial charge in [-0.15, -0.1) is 16.4 Å². The molecule has 4 aromatic heterocycles. The molecule has 0 unspecified atom stereocenters. The lowest BCUT2D eigenvalue weighted by molar-refractivity contribution is 0.270. The molecule has 0 radical (unpaired) electrons. The maximum Gasteiger partial charge on any atom is 0.217 e. The second kappa shape index (κ2) is 6.21. The molecule has 0 aliphatic heterocycles. The molecule has 4 heterocycles. The van der Waals surface area contributed by atoms with E-state index in [1.54, 1.807) is 22.2 Å². The van der Waals surface area contributed by atoms with E-state index in [4.69, 9.17) is 9.15 Å². The number of benzene rings is 1. The molecule has 0 amide bonds. The number of hydrogen-bond acceptors (Lipinski definition) is 6. The van der Waals surface area contributed by atoms with E-state index in [9.17, 15) is 0 Å². The van der Waals surface area contributed by atoms with Crippen LogP contribution in [0.3, 0.4) is 0 Å². The van der Waals surface area contributed by atoms with Gasteiger partial charge in [-0.3, -0.25) is 0 Å². The van der Waals surface area contributed by atoms with Crippen LogP contribution in [0.1, 0.15) is 16.9 Å². The van der Waals surface area contributed by atoms with Gasteiger partial charge in [0.25, 0.3) is 0 Å². The Morgan fingerprint density at radius 3 is 3.00 bits per heavy atom. The Bertz CT molecular complexity index is 1270. The molecule has 1 aromatic carbocycles. The molecule has 6 nitrogen and oxygen atoms in total. The number of ether oxygens (including phenoxy) is 1. The van der Waals surface area contributed by atoms with Crippen molar-refractivity contribution in [1.82, 2.24) is 19.6 Å². The number of furan rings is 1. The van der Waals surface area contributed by atoms with E-state index in [-0.39, 0.29) is 0 Å². The molecule has 0 aliphatic carbocycles. The predicted octanol–water partition coefficient (Wildman–Crippen LogP) is 4.79. The molecule has 5 rings (SSSR count). The molecular weight excluding hydrogens is 360 g/mol. The van der Waals surface area contributed by atoms with Gasteiger partial charge in [0.15, 0.2) is 11.4 Å². The minimum absolute atomic E-state index is 0.355. The van der Waals surface area contributed by atoms with Crippen LogP contribution >= 0.6 is 11.3 Å². The molecule has 0 bridgehead atoms. The minimum Gasteiger partial charge on any atom is -0.485 e. The van der Waals surface area contributed by atoms with E-state index in [2.05, 4.69) is 27.2 Å². The summed E-state index contributed by atoms with van der Waals surface area (Å²) in [5.74, 6) is 2.74. The molecule has 0 fully saturated rings. The summed E-state index contributed by atoms with van der Waals surface area (Å²) in [6, 6.07) is 11.9. The van der Waals surface area contributed by atoms with Crippen LogP contribution in [0.4, 0.5) is 0 Å². The second-order valence-corrected chi connectivity index (χ2v) is 7.31. The molecule has 0 saturated heterocycles. The summed E-state index contributed by atoms with van der Waals surface area (Å²) in [5.41, 5.74) is 3.04. The Hall–Kier alpha value is -3.19. The number of aromatic nitrogens is 4. The van der Waals surface area contributed by atoms with Crippen LogP contribution < -0.4 is 4.74 Å². The third-order valence-corrected chi connectivity index (χ3v) is 5.22. The fourth-order valence-corrected chi connectivity index (χ4v) is 3.69. The third kappa shape index (κ3) is 2.86. The highest BCUT2D eigenvalue weighted by Gasteiger charge is 2.14. The quantitative estimate of drug-likeness (QED) is 0.451. The van der Waals surface area contributed by atoms with Crippen molar-refractivity contribution in [3.05, 3.63) is 65.0 Å². The van der Waals surface area contributed by atoms with Crippen molar-refractivity contribution in [3.8, 4) is 17.3 Å². The van der Waals surface area contributed by atoms with Gasteiger partial charge in [0.05, 0.1) is 5.39 Å². The van der Waals surface area contributed by atoms with Gasteiger partial charge < -0.3 is 9.15 Å². The van der Waals surface area contributed by atoms with Crippen LogP contribution in [0.25, 0.3) is 27.4 Å². The van der Waals surface area contributed by atoms with Crippen LogP contribution in [-0.4, -0.2) is 19.6 Å². The molecule has 0 spiro atoms. The van der Waals surface area contributed by atoms with Gasteiger partial charge in [-0.25, -0.2) is 14.5 Å². The maximum absolute atomic E-state index is 5.91. The van der Waals surface area contributed by atoms with Crippen molar-refractivity contribution >= 4 is 27.2 Å². The summed E-state index contributed by atoms with van der Waals surface area (Å²) in [4.78, 5) is 9.96. The van der Waals surface area contributed by atoms with Crippen molar-refractivity contribution < 1.29 is 9.15 Å². The first-order valence-electron chi connectivity index (χ1n) is 8.55. The summed E-state index contributed by atoms with van der Waals surface area (Å²) in [6.07, 6.45) is 1.68. The van der Waals surface area contributed by atoms with Gasteiger partial charge in [0, 0.05) is 0 Å². The number of nitrogens with zero attached hydrogens (tertiary/aromatic N) is 4. The highest BCUT2D eigenvalue weighted by atomic mass is 32.1. The fourth-order valence-electron chi connectivity index (χ4n) is 2.96. The Morgan fingerprint density at radius 2 is 2.07 bits per heavy atom. The largest absolute Gasteiger partial charge is 0.485 e. The zero-order chi connectivity index (χ0) is 18.4. The summed E-state index contributed by atoms with van der Waals surface area (Å²) in [6.45, 7) is 4.43. The summed E-state index contributed by atoms with van der Waals surface area (Å²) in [7, 11) is 0. The van der Waals surface area contributed by atoms with Gasteiger partial charge in [0.2, 0.25) is 5.82 Å². The van der Waals surface area contributed by atoms with Crippen LogP contribution in [0.15, 0.2) is 52.5 Å². The maximum atomic E-state index is 5.91. The fraction of sp³-hybridized carbons (Fsp3) is 0.150. The van der Waals surface area contributed by atoms with Crippen molar-refractivity contribution in [2.24, 2.45) is 0 Å². The van der Waals surface area contributed by atoms with E-state index < -0.39 is 0 Å². The van der Waals surface area contributed by atoms with E-state index in [1.165, 1.54) is 0 Å².